The van der Waals surface area contributed by atoms with Gasteiger partial charge in [-0.2, -0.15) is 0 Å². The SMILES string of the molecule is Cc1ccnc(Nc2cccc3c(=O)[nH][nH]c(=O)c23)c1Br. The number of rotatable bonds is 2. The van der Waals surface area contributed by atoms with E-state index in [2.05, 4.69) is 36.4 Å². The summed E-state index contributed by atoms with van der Waals surface area (Å²) in [5.74, 6) is 0.585. The molecule has 7 heteroatoms. The van der Waals surface area contributed by atoms with Gasteiger partial charge in [0.05, 0.1) is 20.9 Å². The van der Waals surface area contributed by atoms with Gasteiger partial charge in [0.1, 0.15) is 5.82 Å². The Labute approximate surface area is 127 Å². The highest BCUT2D eigenvalue weighted by atomic mass is 79.9. The average Bonchev–Trinajstić information content (AvgIpc) is 2.48. The van der Waals surface area contributed by atoms with Crippen molar-refractivity contribution in [3.05, 3.63) is 61.2 Å². The Bertz CT molecular complexity index is 946. The first-order chi connectivity index (χ1) is 10.1. The van der Waals surface area contributed by atoms with E-state index in [1.165, 1.54) is 0 Å². The molecule has 0 aliphatic heterocycles. The number of aromatic nitrogens is 3. The number of aryl methyl sites for hydroxylation is 1. The van der Waals surface area contributed by atoms with Crippen LogP contribution >= 0.6 is 15.9 Å². The minimum Gasteiger partial charge on any atom is -0.339 e. The lowest BCUT2D eigenvalue weighted by molar-refractivity contribution is 0.977. The molecule has 0 spiro atoms. The molecule has 1 aromatic carbocycles. The van der Waals surface area contributed by atoms with E-state index in [-0.39, 0.29) is 11.1 Å². The lowest BCUT2D eigenvalue weighted by Crippen LogP contribution is -2.19. The topological polar surface area (TPSA) is 90.6 Å². The predicted molar refractivity (Wildman–Crippen MR) is 85.1 cm³/mol. The number of pyridine rings is 1. The summed E-state index contributed by atoms with van der Waals surface area (Å²) in [5.41, 5.74) is 0.833. The van der Waals surface area contributed by atoms with E-state index in [0.717, 1.165) is 10.0 Å². The normalized spacial score (nSPS) is 10.8. The number of halogens is 1. The Morgan fingerprint density at radius 3 is 2.71 bits per heavy atom. The zero-order chi connectivity index (χ0) is 15.0. The van der Waals surface area contributed by atoms with Crippen molar-refractivity contribution in [2.75, 3.05) is 5.32 Å². The number of aromatic amines is 2. The molecule has 3 rings (SSSR count). The largest absolute Gasteiger partial charge is 0.339 e. The number of fused-ring (bicyclic) bond motifs is 1. The van der Waals surface area contributed by atoms with Gasteiger partial charge in [-0.3, -0.25) is 19.8 Å². The third-order valence-electron chi connectivity index (χ3n) is 3.16. The van der Waals surface area contributed by atoms with Crippen LogP contribution in [0.15, 0.2) is 44.5 Å². The quantitative estimate of drug-likeness (QED) is 0.664. The molecule has 0 unspecified atom stereocenters. The van der Waals surface area contributed by atoms with Crippen LogP contribution in [0.25, 0.3) is 10.8 Å². The van der Waals surface area contributed by atoms with Crippen molar-refractivity contribution < 1.29 is 0 Å². The van der Waals surface area contributed by atoms with Crippen molar-refractivity contribution in [2.45, 2.75) is 6.92 Å². The van der Waals surface area contributed by atoms with Crippen molar-refractivity contribution in [3.8, 4) is 0 Å². The van der Waals surface area contributed by atoms with Gasteiger partial charge in [0.2, 0.25) is 0 Å². The van der Waals surface area contributed by atoms with Gasteiger partial charge in [0.15, 0.2) is 0 Å². The maximum Gasteiger partial charge on any atom is 0.272 e. The second-order valence-corrected chi connectivity index (χ2v) is 5.34. The standard InChI is InChI=1S/C14H11BrN4O2/c1-7-5-6-16-12(11(7)15)17-9-4-2-3-8-10(9)14(21)19-18-13(8)20/h2-6H,1H3,(H,16,17)(H,18,20)(H,19,21). The van der Waals surface area contributed by atoms with E-state index in [9.17, 15) is 9.59 Å². The number of anilines is 2. The van der Waals surface area contributed by atoms with Gasteiger partial charge >= 0.3 is 0 Å². The van der Waals surface area contributed by atoms with E-state index in [0.29, 0.717) is 22.3 Å². The third kappa shape index (κ3) is 2.36. The van der Waals surface area contributed by atoms with Crippen LogP contribution in [0.2, 0.25) is 0 Å². The fourth-order valence-electron chi connectivity index (χ4n) is 2.09. The maximum atomic E-state index is 12.0. The summed E-state index contributed by atoms with van der Waals surface area (Å²) in [5, 5.41) is 8.36. The second kappa shape index (κ2) is 5.17. The minimum atomic E-state index is -0.364. The molecule has 21 heavy (non-hydrogen) atoms. The predicted octanol–water partition coefficient (Wildman–Crippen LogP) is 2.43. The lowest BCUT2D eigenvalue weighted by atomic mass is 10.1. The zero-order valence-corrected chi connectivity index (χ0v) is 12.6. The Morgan fingerprint density at radius 1 is 1.14 bits per heavy atom. The molecule has 0 aliphatic carbocycles. The van der Waals surface area contributed by atoms with Gasteiger partial charge in [-0.1, -0.05) is 6.07 Å². The molecule has 3 N–H and O–H groups in total. The molecule has 6 nitrogen and oxygen atoms in total. The summed E-state index contributed by atoms with van der Waals surface area (Å²) in [6, 6.07) is 6.92. The van der Waals surface area contributed by atoms with E-state index in [4.69, 9.17) is 0 Å². The number of hydrogen-bond donors (Lipinski definition) is 3. The van der Waals surface area contributed by atoms with Crippen molar-refractivity contribution >= 4 is 38.2 Å². The van der Waals surface area contributed by atoms with Gasteiger partial charge in [0, 0.05) is 6.20 Å². The van der Waals surface area contributed by atoms with Gasteiger partial charge in [0.25, 0.3) is 11.1 Å². The summed E-state index contributed by atoms with van der Waals surface area (Å²) in [7, 11) is 0. The number of benzene rings is 1. The molecule has 2 aromatic heterocycles. The van der Waals surface area contributed by atoms with Crippen molar-refractivity contribution in [1.29, 1.82) is 0 Å². The van der Waals surface area contributed by atoms with Gasteiger partial charge < -0.3 is 5.32 Å². The first-order valence-electron chi connectivity index (χ1n) is 6.20. The molecule has 0 aliphatic rings. The van der Waals surface area contributed by atoms with Crippen LogP contribution in [-0.2, 0) is 0 Å². The van der Waals surface area contributed by atoms with Crippen LogP contribution in [0.4, 0.5) is 11.5 Å². The monoisotopic (exact) mass is 346 g/mol. The highest BCUT2D eigenvalue weighted by Crippen LogP contribution is 2.28. The molecule has 106 valence electrons. The van der Waals surface area contributed by atoms with Crippen LogP contribution in [-0.4, -0.2) is 15.2 Å². The fourth-order valence-corrected chi connectivity index (χ4v) is 2.42. The number of nitrogens with one attached hydrogen (secondary N) is 3. The van der Waals surface area contributed by atoms with Crippen molar-refractivity contribution in [1.82, 2.24) is 15.2 Å². The first kappa shape index (κ1) is 13.6. The van der Waals surface area contributed by atoms with Crippen LogP contribution in [0.3, 0.4) is 0 Å². The van der Waals surface area contributed by atoms with Crippen LogP contribution < -0.4 is 16.4 Å². The second-order valence-electron chi connectivity index (χ2n) is 4.55. The van der Waals surface area contributed by atoms with E-state index >= 15 is 0 Å². The molecule has 0 saturated heterocycles. The molecule has 0 amide bonds. The Morgan fingerprint density at radius 2 is 1.90 bits per heavy atom. The van der Waals surface area contributed by atoms with Crippen molar-refractivity contribution in [3.63, 3.8) is 0 Å². The zero-order valence-electron chi connectivity index (χ0n) is 11.0. The van der Waals surface area contributed by atoms with E-state index < -0.39 is 0 Å². The summed E-state index contributed by atoms with van der Waals surface area (Å²) < 4.78 is 0.809. The van der Waals surface area contributed by atoms with E-state index in [1.54, 1.807) is 24.4 Å². The number of nitrogens with zero attached hydrogens (tertiary/aromatic N) is 1. The highest BCUT2D eigenvalue weighted by molar-refractivity contribution is 9.10. The van der Waals surface area contributed by atoms with Crippen LogP contribution in [0.5, 0.6) is 0 Å². The van der Waals surface area contributed by atoms with Gasteiger partial charge in [-0.25, -0.2) is 4.98 Å². The summed E-state index contributed by atoms with van der Waals surface area (Å²) in [4.78, 5) is 28.0. The fraction of sp³-hybridized carbons (Fsp3) is 0.0714. The molecular weight excluding hydrogens is 336 g/mol. The van der Waals surface area contributed by atoms with E-state index in [1.807, 2.05) is 13.0 Å². The number of H-pyrrole nitrogens is 2. The smallest absolute Gasteiger partial charge is 0.272 e. The molecular formula is C14H11BrN4O2. The Balaban J connectivity index is 2.22. The molecule has 0 bridgehead atoms. The van der Waals surface area contributed by atoms with Gasteiger partial charge in [-0.05, 0) is 46.6 Å². The van der Waals surface area contributed by atoms with Crippen molar-refractivity contribution in [2.24, 2.45) is 0 Å². The van der Waals surface area contributed by atoms with Crippen LogP contribution in [0.1, 0.15) is 5.56 Å². The Hall–Kier alpha value is -2.41. The molecule has 0 atom stereocenters. The molecule has 0 fully saturated rings. The molecule has 3 aromatic rings. The average molecular weight is 347 g/mol. The highest BCUT2D eigenvalue weighted by Gasteiger charge is 2.10. The molecule has 0 radical (unpaired) electrons. The summed E-state index contributed by atoms with van der Waals surface area (Å²) in [6.45, 7) is 1.94. The molecule has 0 saturated carbocycles. The number of hydrogen-bond acceptors (Lipinski definition) is 4. The Kier molecular flexibility index (Phi) is 3.34. The first-order valence-corrected chi connectivity index (χ1v) is 6.99. The van der Waals surface area contributed by atoms with Crippen LogP contribution in [0, 0.1) is 6.92 Å². The maximum absolute atomic E-state index is 12.0. The minimum absolute atomic E-state index is 0.302. The van der Waals surface area contributed by atoms with Gasteiger partial charge in [-0.15, -0.1) is 0 Å². The molecule has 2 heterocycles. The third-order valence-corrected chi connectivity index (χ3v) is 4.16. The lowest BCUT2D eigenvalue weighted by Gasteiger charge is -2.10. The summed E-state index contributed by atoms with van der Waals surface area (Å²) >= 11 is 3.46. The summed E-state index contributed by atoms with van der Waals surface area (Å²) in [6.07, 6.45) is 1.67.